The van der Waals surface area contributed by atoms with Crippen molar-refractivity contribution in [2.24, 2.45) is 5.92 Å². The highest BCUT2D eigenvalue weighted by molar-refractivity contribution is 9.10. The minimum absolute atomic E-state index is 0.199. The van der Waals surface area contributed by atoms with E-state index >= 15 is 0 Å². The van der Waals surface area contributed by atoms with Crippen LogP contribution in [0.5, 0.6) is 0 Å². The minimum Gasteiger partial charge on any atom is -0.465 e. The zero-order valence-electron chi connectivity index (χ0n) is 11.3. The fourth-order valence-electron chi connectivity index (χ4n) is 1.85. The van der Waals surface area contributed by atoms with Gasteiger partial charge in [-0.1, -0.05) is 15.9 Å². The largest absolute Gasteiger partial charge is 0.465 e. The number of anilines is 1. The quantitative estimate of drug-likeness (QED) is 0.644. The number of rotatable bonds is 6. The fourth-order valence-corrected chi connectivity index (χ4v) is 2.11. The van der Waals surface area contributed by atoms with Crippen molar-refractivity contribution in [1.29, 1.82) is 0 Å². The van der Waals surface area contributed by atoms with Crippen molar-refractivity contribution < 1.29 is 14.3 Å². The second kappa shape index (κ2) is 7.28. The number of nitrogens with one attached hydrogen (secondary N) is 1. The molecule has 4 nitrogen and oxygen atoms in total. The molecule has 5 heteroatoms. The molecule has 104 valence electrons. The highest BCUT2D eigenvalue weighted by Gasteiger charge is 2.30. The number of ether oxygens (including phenoxy) is 1. The van der Waals surface area contributed by atoms with Gasteiger partial charge >= 0.3 is 5.97 Å². The smallest absolute Gasteiger partial charge is 0.318 e. The van der Waals surface area contributed by atoms with Gasteiger partial charge in [0.15, 0.2) is 0 Å². The van der Waals surface area contributed by atoms with E-state index in [0.29, 0.717) is 0 Å². The van der Waals surface area contributed by atoms with Crippen LogP contribution in [0, 0.1) is 5.92 Å². The summed E-state index contributed by atoms with van der Waals surface area (Å²) in [6.07, 6.45) is 0. The maximum absolute atomic E-state index is 11.8. The van der Waals surface area contributed by atoms with Gasteiger partial charge in [0.2, 0.25) is 0 Å². The average Bonchev–Trinajstić information content (AvgIpc) is 2.32. The molecule has 0 aliphatic carbocycles. The molecule has 0 amide bonds. The standard InChI is InChI=1S/C14H18BrNO3/c1-4-19-14(18)13(10(3)17)9(2)16-12-7-5-11(15)6-8-12/h5-9,13,16H,4H2,1-3H3. The number of halogens is 1. The lowest BCUT2D eigenvalue weighted by Crippen LogP contribution is -2.38. The molecule has 0 saturated carbocycles. The molecule has 1 N–H and O–H groups in total. The molecule has 0 spiro atoms. The van der Waals surface area contributed by atoms with Gasteiger partial charge in [-0.15, -0.1) is 0 Å². The van der Waals surface area contributed by atoms with Crippen LogP contribution >= 0.6 is 15.9 Å². The van der Waals surface area contributed by atoms with E-state index < -0.39 is 11.9 Å². The Kier molecular flexibility index (Phi) is 6.02. The SMILES string of the molecule is CCOC(=O)C(C(C)=O)C(C)Nc1ccc(Br)cc1. The zero-order valence-corrected chi connectivity index (χ0v) is 12.9. The number of hydrogen-bond acceptors (Lipinski definition) is 4. The molecule has 1 aromatic rings. The highest BCUT2D eigenvalue weighted by Crippen LogP contribution is 2.18. The average molecular weight is 328 g/mol. The molecule has 0 heterocycles. The second-order valence-electron chi connectivity index (χ2n) is 4.28. The van der Waals surface area contributed by atoms with E-state index in [1.807, 2.05) is 24.3 Å². The van der Waals surface area contributed by atoms with Crippen molar-refractivity contribution in [1.82, 2.24) is 0 Å². The van der Waals surface area contributed by atoms with Crippen molar-refractivity contribution in [2.45, 2.75) is 26.8 Å². The van der Waals surface area contributed by atoms with Gasteiger partial charge in [0.1, 0.15) is 11.7 Å². The zero-order chi connectivity index (χ0) is 14.4. The lowest BCUT2D eigenvalue weighted by Gasteiger charge is -2.22. The monoisotopic (exact) mass is 327 g/mol. The Morgan fingerprint density at radius 1 is 1.32 bits per heavy atom. The molecule has 0 aromatic heterocycles. The first-order valence-electron chi connectivity index (χ1n) is 6.15. The van der Waals surface area contributed by atoms with Gasteiger partial charge in [-0.05, 0) is 45.0 Å². The summed E-state index contributed by atoms with van der Waals surface area (Å²) < 4.78 is 5.91. The Bertz CT molecular complexity index is 445. The van der Waals surface area contributed by atoms with E-state index in [1.165, 1.54) is 6.92 Å². The van der Waals surface area contributed by atoms with Gasteiger partial charge in [0.25, 0.3) is 0 Å². The number of Topliss-reactive ketones (excluding diaryl/α,β-unsaturated/α-hetero) is 1. The summed E-state index contributed by atoms with van der Waals surface area (Å²) in [6, 6.07) is 7.22. The minimum atomic E-state index is -0.788. The van der Waals surface area contributed by atoms with E-state index in [-0.39, 0.29) is 18.4 Å². The molecule has 1 rings (SSSR count). The maximum Gasteiger partial charge on any atom is 0.318 e. The molecule has 0 radical (unpaired) electrons. The fraction of sp³-hybridized carbons (Fsp3) is 0.429. The topological polar surface area (TPSA) is 55.4 Å². The highest BCUT2D eigenvalue weighted by atomic mass is 79.9. The van der Waals surface area contributed by atoms with Crippen LogP contribution in [0.2, 0.25) is 0 Å². The maximum atomic E-state index is 11.8. The van der Waals surface area contributed by atoms with Crippen LogP contribution in [-0.2, 0) is 14.3 Å². The Balaban J connectivity index is 2.77. The first-order chi connectivity index (χ1) is 8.95. The Morgan fingerprint density at radius 2 is 1.89 bits per heavy atom. The Labute approximate surface area is 121 Å². The third kappa shape index (κ3) is 4.67. The van der Waals surface area contributed by atoms with Gasteiger partial charge in [0.05, 0.1) is 6.61 Å². The van der Waals surface area contributed by atoms with E-state index in [1.54, 1.807) is 13.8 Å². The van der Waals surface area contributed by atoms with Crippen molar-refractivity contribution in [3.8, 4) is 0 Å². The number of esters is 1. The molecule has 2 unspecified atom stereocenters. The molecule has 0 fully saturated rings. The number of hydrogen-bond donors (Lipinski definition) is 1. The van der Waals surface area contributed by atoms with Gasteiger partial charge in [-0.25, -0.2) is 0 Å². The number of carbonyl (C=O) groups is 2. The summed E-state index contributed by atoms with van der Waals surface area (Å²) in [7, 11) is 0. The third-order valence-corrected chi connectivity index (χ3v) is 3.25. The van der Waals surface area contributed by atoms with E-state index in [0.717, 1.165) is 10.2 Å². The molecule has 0 aliphatic heterocycles. The molecule has 2 atom stereocenters. The van der Waals surface area contributed by atoms with Crippen molar-refractivity contribution in [3.63, 3.8) is 0 Å². The van der Waals surface area contributed by atoms with Crippen LogP contribution in [0.1, 0.15) is 20.8 Å². The van der Waals surface area contributed by atoms with Crippen LogP contribution in [0.3, 0.4) is 0 Å². The van der Waals surface area contributed by atoms with Gasteiger partial charge in [-0.3, -0.25) is 9.59 Å². The van der Waals surface area contributed by atoms with Crippen LogP contribution in [-0.4, -0.2) is 24.4 Å². The third-order valence-electron chi connectivity index (χ3n) is 2.72. The lowest BCUT2D eigenvalue weighted by molar-refractivity contribution is -0.151. The van der Waals surface area contributed by atoms with Crippen LogP contribution < -0.4 is 5.32 Å². The van der Waals surface area contributed by atoms with Gasteiger partial charge < -0.3 is 10.1 Å². The summed E-state index contributed by atoms with van der Waals surface area (Å²) >= 11 is 3.35. The summed E-state index contributed by atoms with van der Waals surface area (Å²) in [5.41, 5.74) is 0.853. The van der Waals surface area contributed by atoms with E-state index in [4.69, 9.17) is 4.74 Å². The normalized spacial score (nSPS) is 13.5. The lowest BCUT2D eigenvalue weighted by atomic mass is 9.97. The molecule has 0 aliphatic rings. The molecular weight excluding hydrogens is 310 g/mol. The second-order valence-corrected chi connectivity index (χ2v) is 5.20. The molecule has 19 heavy (non-hydrogen) atoms. The molecular formula is C14H18BrNO3. The molecule has 1 aromatic carbocycles. The summed E-state index contributed by atoms with van der Waals surface area (Å²) in [4.78, 5) is 23.4. The van der Waals surface area contributed by atoms with E-state index in [9.17, 15) is 9.59 Å². The van der Waals surface area contributed by atoms with Crippen LogP contribution in [0.15, 0.2) is 28.7 Å². The first-order valence-corrected chi connectivity index (χ1v) is 6.94. The predicted molar refractivity (Wildman–Crippen MR) is 78.0 cm³/mol. The molecule has 0 saturated heterocycles. The Hall–Kier alpha value is -1.36. The Morgan fingerprint density at radius 3 is 2.37 bits per heavy atom. The van der Waals surface area contributed by atoms with Crippen molar-refractivity contribution in [2.75, 3.05) is 11.9 Å². The van der Waals surface area contributed by atoms with Gasteiger partial charge in [0, 0.05) is 16.2 Å². The van der Waals surface area contributed by atoms with Crippen LogP contribution in [0.25, 0.3) is 0 Å². The van der Waals surface area contributed by atoms with E-state index in [2.05, 4.69) is 21.2 Å². The van der Waals surface area contributed by atoms with Crippen LogP contribution in [0.4, 0.5) is 5.69 Å². The number of carbonyl (C=O) groups excluding carboxylic acids is 2. The van der Waals surface area contributed by atoms with Gasteiger partial charge in [-0.2, -0.15) is 0 Å². The molecule has 0 bridgehead atoms. The summed E-state index contributed by atoms with van der Waals surface area (Å²) in [5, 5.41) is 3.15. The number of ketones is 1. The van der Waals surface area contributed by atoms with Crippen molar-refractivity contribution >= 4 is 33.4 Å². The van der Waals surface area contributed by atoms with Crippen molar-refractivity contribution in [3.05, 3.63) is 28.7 Å². The first kappa shape index (κ1) is 15.7. The number of benzene rings is 1. The summed E-state index contributed by atoms with van der Waals surface area (Å²) in [6.45, 7) is 5.20. The predicted octanol–water partition coefficient (Wildman–Crippen LogP) is 3.02. The summed E-state index contributed by atoms with van der Waals surface area (Å²) in [5.74, 6) is -1.47.